The summed E-state index contributed by atoms with van der Waals surface area (Å²) in [6.07, 6.45) is 6.12. The molecule has 0 atom stereocenters. The first-order chi connectivity index (χ1) is 12.6. The van der Waals surface area contributed by atoms with Gasteiger partial charge < -0.3 is 14.4 Å². The molecular weight excluding hydrogens is 330 g/mol. The van der Waals surface area contributed by atoms with Gasteiger partial charge in [-0.05, 0) is 30.3 Å². The molecule has 0 unspecified atom stereocenters. The average Bonchev–Trinajstić information content (AvgIpc) is 2.97. The maximum Gasteiger partial charge on any atom is 0.328 e. The Kier molecular flexibility index (Phi) is 3.85. The number of aromatic nitrogens is 3. The lowest BCUT2D eigenvalue weighted by molar-refractivity contribution is -0.131. The van der Waals surface area contributed by atoms with Crippen LogP contribution in [0.15, 0.2) is 60.9 Å². The molecule has 2 aromatic heterocycles. The molecule has 6 heteroatoms. The molecule has 0 saturated heterocycles. The van der Waals surface area contributed by atoms with Crippen LogP contribution < -0.4 is 4.74 Å². The first-order valence-electron chi connectivity index (χ1n) is 8.00. The van der Waals surface area contributed by atoms with Crippen LogP contribution in [-0.4, -0.2) is 25.6 Å². The highest BCUT2D eigenvalue weighted by Crippen LogP contribution is 2.33. The van der Waals surface area contributed by atoms with Crippen molar-refractivity contribution < 1.29 is 14.6 Å². The van der Waals surface area contributed by atoms with Crippen LogP contribution in [0.3, 0.4) is 0 Å². The summed E-state index contributed by atoms with van der Waals surface area (Å²) >= 11 is 0. The maximum atomic E-state index is 10.9. The molecule has 4 rings (SSSR count). The lowest BCUT2D eigenvalue weighted by atomic mass is 10.1. The van der Waals surface area contributed by atoms with E-state index in [1.54, 1.807) is 12.3 Å². The second-order valence-corrected chi connectivity index (χ2v) is 5.82. The number of aliphatic carboxylic acids is 1. The van der Waals surface area contributed by atoms with Gasteiger partial charge >= 0.3 is 5.97 Å². The quantitative estimate of drug-likeness (QED) is 0.566. The first-order valence-corrected chi connectivity index (χ1v) is 8.00. The molecule has 0 radical (unpaired) electrons. The molecule has 128 valence electrons. The second-order valence-electron chi connectivity index (χ2n) is 5.82. The van der Waals surface area contributed by atoms with Crippen LogP contribution >= 0.6 is 0 Å². The minimum Gasteiger partial charge on any atom is -0.478 e. The summed E-state index contributed by atoms with van der Waals surface area (Å²) in [6, 6.07) is 13.2. The predicted molar refractivity (Wildman–Crippen MR) is 99.2 cm³/mol. The van der Waals surface area contributed by atoms with Crippen LogP contribution in [0.1, 0.15) is 5.56 Å². The summed E-state index contributed by atoms with van der Waals surface area (Å²) < 4.78 is 7.92. The van der Waals surface area contributed by atoms with Crippen molar-refractivity contribution in [1.82, 2.24) is 14.5 Å². The Morgan fingerprint density at radius 3 is 2.77 bits per heavy atom. The molecule has 0 aliphatic rings. The standard InChI is InChI=1S/C20H15N3O3/c1-23-12-13(9-10-19(24)25)20-16(23)7-4-8-17(20)26-18-11-21-14-5-2-3-6-15(14)22-18/h2-12H,1H3,(H,24,25)/b10-9+. The zero-order valence-corrected chi connectivity index (χ0v) is 14.0. The molecule has 0 aliphatic carbocycles. The minimum absolute atomic E-state index is 0.383. The Balaban J connectivity index is 1.81. The molecule has 6 nitrogen and oxygen atoms in total. The monoisotopic (exact) mass is 345 g/mol. The van der Waals surface area contributed by atoms with Crippen molar-refractivity contribution in [3.63, 3.8) is 0 Å². The van der Waals surface area contributed by atoms with Gasteiger partial charge in [-0.25, -0.2) is 14.8 Å². The third-order valence-electron chi connectivity index (χ3n) is 4.05. The summed E-state index contributed by atoms with van der Waals surface area (Å²) in [5.41, 5.74) is 3.23. The zero-order valence-electron chi connectivity index (χ0n) is 14.0. The summed E-state index contributed by atoms with van der Waals surface area (Å²) in [5.74, 6) is -0.0215. The number of carboxylic acid groups (broad SMARTS) is 1. The van der Waals surface area contributed by atoms with Crippen LogP contribution in [0.2, 0.25) is 0 Å². The molecule has 2 aromatic carbocycles. The van der Waals surface area contributed by atoms with Crippen molar-refractivity contribution in [3.8, 4) is 11.6 Å². The fourth-order valence-electron chi connectivity index (χ4n) is 2.92. The molecule has 0 amide bonds. The van der Waals surface area contributed by atoms with Gasteiger partial charge in [-0.15, -0.1) is 0 Å². The van der Waals surface area contributed by atoms with Gasteiger partial charge in [0.25, 0.3) is 0 Å². The van der Waals surface area contributed by atoms with Gasteiger partial charge in [0.15, 0.2) is 0 Å². The third kappa shape index (κ3) is 2.88. The SMILES string of the molecule is Cn1cc(/C=C/C(=O)O)c2c(Oc3cnc4ccccc4n3)cccc21. The highest BCUT2D eigenvalue weighted by molar-refractivity contribution is 5.97. The largest absolute Gasteiger partial charge is 0.478 e. The van der Waals surface area contributed by atoms with Crippen molar-refractivity contribution in [2.75, 3.05) is 0 Å². The van der Waals surface area contributed by atoms with E-state index in [4.69, 9.17) is 9.84 Å². The van der Waals surface area contributed by atoms with Crippen LogP contribution in [0.5, 0.6) is 11.6 Å². The summed E-state index contributed by atoms with van der Waals surface area (Å²) in [7, 11) is 1.90. The number of aryl methyl sites for hydroxylation is 1. The van der Waals surface area contributed by atoms with E-state index in [-0.39, 0.29) is 0 Å². The summed E-state index contributed by atoms with van der Waals surface area (Å²) in [4.78, 5) is 19.7. The van der Waals surface area contributed by atoms with E-state index in [9.17, 15) is 4.79 Å². The van der Waals surface area contributed by atoms with Gasteiger partial charge in [-0.1, -0.05) is 18.2 Å². The average molecular weight is 345 g/mol. The van der Waals surface area contributed by atoms with Gasteiger partial charge in [0, 0.05) is 30.3 Å². The van der Waals surface area contributed by atoms with E-state index in [0.717, 1.165) is 33.6 Å². The zero-order chi connectivity index (χ0) is 18.1. The first kappa shape index (κ1) is 15.8. The molecule has 0 spiro atoms. The Morgan fingerprint density at radius 2 is 1.96 bits per heavy atom. The summed E-state index contributed by atoms with van der Waals surface area (Å²) in [6.45, 7) is 0. The highest BCUT2D eigenvalue weighted by atomic mass is 16.5. The van der Waals surface area contributed by atoms with Gasteiger partial charge in [0.2, 0.25) is 5.88 Å². The normalized spacial score (nSPS) is 11.4. The topological polar surface area (TPSA) is 77.2 Å². The van der Waals surface area contributed by atoms with Crippen LogP contribution in [0.4, 0.5) is 0 Å². The van der Waals surface area contributed by atoms with Crippen LogP contribution in [0.25, 0.3) is 28.0 Å². The van der Waals surface area contributed by atoms with E-state index in [1.807, 2.05) is 60.3 Å². The summed E-state index contributed by atoms with van der Waals surface area (Å²) in [5, 5.41) is 9.74. The number of benzene rings is 2. The number of hydrogen-bond acceptors (Lipinski definition) is 4. The van der Waals surface area contributed by atoms with E-state index >= 15 is 0 Å². The van der Waals surface area contributed by atoms with Gasteiger partial charge in [-0.2, -0.15) is 0 Å². The number of hydrogen-bond donors (Lipinski definition) is 1. The molecule has 0 bridgehead atoms. The van der Waals surface area contributed by atoms with Gasteiger partial charge in [0.05, 0.1) is 22.7 Å². The van der Waals surface area contributed by atoms with E-state index in [1.165, 1.54) is 0 Å². The van der Waals surface area contributed by atoms with E-state index in [0.29, 0.717) is 11.6 Å². The van der Waals surface area contributed by atoms with Crippen molar-refractivity contribution in [1.29, 1.82) is 0 Å². The number of ether oxygens (including phenoxy) is 1. The number of fused-ring (bicyclic) bond motifs is 2. The highest BCUT2D eigenvalue weighted by Gasteiger charge is 2.12. The molecule has 26 heavy (non-hydrogen) atoms. The minimum atomic E-state index is -0.999. The number of carboxylic acids is 1. The smallest absolute Gasteiger partial charge is 0.328 e. The molecule has 0 fully saturated rings. The van der Waals surface area contributed by atoms with Crippen LogP contribution in [-0.2, 0) is 11.8 Å². The number of para-hydroxylation sites is 2. The van der Waals surface area contributed by atoms with Crippen molar-refractivity contribution in [3.05, 3.63) is 66.5 Å². The third-order valence-corrected chi connectivity index (χ3v) is 4.05. The molecule has 4 aromatic rings. The fourth-order valence-corrected chi connectivity index (χ4v) is 2.92. The lowest BCUT2D eigenvalue weighted by Gasteiger charge is -2.08. The van der Waals surface area contributed by atoms with Gasteiger partial charge in [-0.3, -0.25) is 0 Å². The van der Waals surface area contributed by atoms with Crippen LogP contribution in [0, 0.1) is 0 Å². The Labute approximate surface area is 149 Å². The maximum absolute atomic E-state index is 10.9. The van der Waals surface area contributed by atoms with E-state index in [2.05, 4.69) is 9.97 Å². The number of nitrogens with zero attached hydrogens (tertiary/aromatic N) is 3. The van der Waals surface area contributed by atoms with Gasteiger partial charge in [0.1, 0.15) is 5.75 Å². The molecular formula is C20H15N3O3. The Hall–Kier alpha value is -3.67. The number of rotatable bonds is 4. The van der Waals surface area contributed by atoms with Crippen molar-refractivity contribution in [2.24, 2.45) is 7.05 Å². The van der Waals surface area contributed by atoms with Crippen molar-refractivity contribution in [2.45, 2.75) is 0 Å². The molecule has 0 saturated carbocycles. The molecule has 0 aliphatic heterocycles. The molecule has 1 N–H and O–H groups in total. The lowest BCUT2D eigenvalue weighted by Crippen LogP contribution is -1.92. The Morgan fingerprint density at radius 1 is 1.15 bits per heavy atom. The molecule has 2 heterocycles. The van der Waals surface area contributed by atoms with E-state index < -0.39 is 5.97 Å². The number of carbonyl (C=O) groups is 1. The predicted octanol–water partition coefficient (Wildman–Crippen LogP) is 4.01. The second kappa shape index (κ2) is 6.33. The van der Waals surface area contributed by atoms with Crippen molar-refractivity contribution >= 4 is 34.0 Å². The fraction of sp³-hybridized carbons (Fsp3) is 0.0500. The Bertz CT molecular complexity index is 1160.